The molecule has 0 spiro atoms. The van der Waals surface area contributed by atoms with Crippen LogP contribution in [0.2, 0.25) is 0 Å². The molecule has 0 radical (unpaired) electrons. The number of carbonyl (C=O) groups excluding carboxylic acids is 1. The summed E-state index contributed by atoms with van der Waals surface area (Å²) in [6.45, 7) is 2.60. The highest BCUT2D eigenvalue weighted by Gasteiger charge is 2.44. The molecule has 3 rings (SSSR count). The summed E-state index contributed by atoms with van der Waals surface area (Å²) in [6.07, 6.45) is 1.40. The predicted octanol–water partition coefficient (Wildman–Crippen LogP) is 2.38. The molecule has 1 aromatic rings. The van der Waals surface area contributed by atoms with Crippen LogP contribution in [0.3, 0.4) is 0 Å². The summed E-state index contributed by atoms with van der Waals surface area (Å²) in [5, 5.41) is 6.93. The number of halogens is 1. The number of nitrogens with zero attached hydrogens (tertiary/aromatic N) is 3. The van der Waals surface area contributed by atoms with Gasteiger partial charge in [-0.3, -0.25) is 14.3 Å². The van der Waals surface area contributed by atoms with E-state index in [4.69, 9.17) is 12.2 Å². The molecule has 3 atom stereocenters. The highest BCUT2D eigenvalue weighted by Crippen LogP contribution is 2.42. The van der Waals surface area contributed by atoms with E-state index in [0.29, 0.717) is 36.5 Å². The maximum absolute atomic E-state index is 13.6. The molecule has 5 nitrogen and oxygen atoms in total. The summed E-state index contributed by atoms with van der Waals surface area (Å²) in [7, 11) is 0. The summed E-state index contributed by atoms with van der Waals surface area (Å²) in [5.74, 6) is 0.290. The fourth-order valence-corrected chi connectivity index (χ4v) is 3.46. The van der Waals surface area contributed by atoms with Gasteiger partial charge in [0.2, 0.25) is 11.9 Å². The molecular formula is C12H17FN4OS. The number of carbonyl (C=O) groups is 1. The number of hydrogen-bond donors (Lipinski definition) is 1. The van der Waals surface area contributed by atoms with Crippen LogP contribution in [0, 0.1) is 10.7 Å². The molecular weight excluding hydrogens is 267 g/mol. The molecule has 1 aromatic heterocycles. The number of hydrogen-bond acceptors (Lipinski definition) is 3. The van der Waals surface area contributed by atoms with Crippen LogP contribution in [0.5, 0.6) is 0 Å². The number of aromatic nitrogens is 3. The van der Waals surface area contributed by atoms with Crippen molar-refractivity contribution in [1.82, 2.24) is 14.8 Å². The molecule has 1 amide bonds. The van der Waals surface area contributed by atoms with Gasteiger partial charge in [-0.15, -0.1) is 5.10 Å². The van der Waals surface area contributed by atoms with Gasteiger partial charge < -0.3 is 0 Å². The molecule has 7 heteroatoms. The van der Waals surface area contributed by atoms with E-state index in [0.717, 1.165) is 6.42 Å². The van der Waals surface area contributed by atoms with Crippen molar-refractivity contribution in [2.45, 2.75) is 44.8 Å². The summed E-state index contributed by atoms with van der Waals surface area (Å²) in [6, 6.07) is -0.0335. The Labute approximate surface area is 115 Å². The van der Waals surface area contributed by atoms with Crippen LogP contribution in [-0.2, 0) is 4.79 Å². The maximum atomic E-state index is 13.6. The second-order valence-corrected chi connectivity index (χ2v) is 5.66. The Morgan fingerprint density at radius 3 is 3.05 bits per heavy atom. The van der Waals surface area contributed by atoms with Crippen molar-refractivity contribution in [3.8, 4) is 0 Å². The number of fused-ring (bicyclic) bond motifs is 3. The summed E-state index contributed by atoms with van der Waals surface area (Å²) < 4.78 is 16.0. The van der Waals surface area contributed by atoms with Crippen LogP contribution in [0.4, 0.5) is 10.3 Å². The van der Waals surface area contributed by atoms with Crippen molar-refractivity contribution in [3.63, 3.8) is 0 Å². The van der Waals surface area contributed by atoms with E-state index in [1.54, 1.807) is 4.90 Å². The smallest absolute Gasteiger partial charge is 0.234 e. The predicted molar refractivity (Wildman–Crippen MR) is 71.3 cm³/mol. The lowest BCUT2D eigenvalue weighted by molar-refractivity contribution is -0.127. The van der Waals surface area contributed by atoms with Crippen LogP contribution < -0.4 is 4.90 Å². The molecule has 1 saturated carbocycles. The molecule has 2 heterocycles. The first-order valence-electron chi connectivity index (χ1n) is 6.75. The Morgan fingerprint density at radius 1 is 1.53 bits per heavy atom. The quantitative estimate of drug-likeness (QED) is 0.848. The van der Waals surface area contributed by atoms with Gasteiger partial charge in [-0.25, -0.2) is 9.49 Å². The molecule has 0 bridgehead atoms. The molecule has 2 aliphatic rings. The fraction of sp³-hybridized carbons (Fsp3) is 0.750. The molecule has 0 aromatic carbocycles. The second-order valence-electron chi connectivity index (χ2n) is 5.27. The number of aromatic amines is 1. The topological polar surface area (TPSA) is 53.9 Å². The molecule has 1 fully saturated rings. The number of anilines is 1. The van der Waals surface area contributed by atoms with Gasteiger partial charge >= 0.3 is 0 Å². The van der Waals surface area contributed by atoms with Crippen LogP contribution in [0.15, 0.2) is 0 Å². The minimum absolute atomic E-state index is 0.00398. The SMILES string of the molecule is CCCN1C(=O)C2CC(F)CCC2n2c1n[nH]c2=S. The van der Waals surface area contributed by atoms with E-state index in [1.165, 1.54) is 0 Å². The van der Waals surface area contributed by atoms with Crippen molar-refractivity contribution in [2.75, 3.05) is 11.4 Å². The van der Waals surface area contributed by atoms with Crippen molar-refractivity contribution >= 4 is 24.1 Å². The third-order valence-electron chi connectivity index (χ3n) is 4.04. The maximum Gasteiger partial charge on any atom is 0.234 e. The standard InChI is InChI=1S/C12H17FN4OS/c1-2-5-16-10(18)8-6-7(13)3-4-9(8)17-11(16)14-15-12(17)19/h7-9H,2-6H2,1H3,(H,15,19). The first kappa shape index (κ1) is 12.8. The first-order valence-corrected chi connectivity index (χ1v) is 7.16. The lowest BCUT2D eigenvalue weighted by Gasteiger charge is -2.41. The number of rotatable bonds is 2. The van der Waals surface area contributed by atoms with Gasteiger partial charge in [-0.2, -0.15) is 0 Å². The van der Waals surface area contributed by atoms with Crippen molar-refractivity contribution in [3.05, 3.63) is 4.77 Å². The molecule has 0 saturated heterocycles. The number of amides is 1. The number of alkyl halides is 1. The minimum atomic E-state index is -0.878. The average Bonchev–Trinajstić information content (AvgIpc) is 2.77. The highest BCUT2D eigenvalue weighted by molar-refractivity contribution is 7.71. The largest absolute Gasteiger partial charge is 0.282 e. The zero-order chi connectivity index (χ0) is 13.6. The van der Waals surface area contributed by atoms with E-state index in [1.807, 2.05) is 11.5 Å². The van der Waals surface area contributed by atoms with Gasteiger partial charge in [0, 0.05) is 6.54 Å². The van der Waals surface area contributed by atoms with Crippen LogP contribution >= 0.6 is 12.2 Å². The third kappa shape index (κ3) is 1.91. The monoisotopic (exact) mass is 284 g/mol. The van der Waals surface area contributed by atoms with E-state index >= 15 is 0 Å². The van der Waals surface area contributed by atoms with Crippen LogP contribution in [-0.4, -0.2) is 33.4 Å². The van der Waals surface area contributed by atoms with Crippen LogP contribution in [0.25, 0.3) is 0 Å². The second kappa shape index (κ2) is 4.70. The van der Waals surface area contributed by atoms with Gasteiger partial charge in [-0.05, 0) is 37.9 Å². The zero-order valence-corrected chi connectivity index (χ0v) is 11.6. The third-order valence-corrected chi connectivity index (χ3v) is 4.33. The minimum Gasteiger partial charge on any atom is -0.282 e. The van der Waals surface area contributed by atoms with E-state index < -0.39 is 6.17 Å². The Bertz CT molecular complexity index is 554. The first-order chi connectivity index (χ1) is 9.13. The van der Waals surface area contributed by atoms with Crippen molar-refractivity contribution in [1.29, 1.82) is 0 Å². The molecule has 1 aliphatic carbocycles. The van der Waals surface area contributed by atoms with Crippen molar-refractivity contribution < 1.29 is 9.18 Å². The fourth-order valence-electron chi connectivity index (χ4n) is 3.20. The van der Waals surface area contributed by atoms with Gasteiger partial charge in [0.1, 0.15) is 6.17 Å². The molecule has 3 unspecified atom stereocenters. The molecule has 1 aliphatic heterocycles. The van der Waals surface area contributed by atoms with Crippen LogP contribution in [0.1, 0.15) is 38.6 Å². The molecule has 104 valence electrons. The van der Waals surface area contributed by atoms with Gasteiger partial charge in [-0.1, -0.05) is 6.92 Å². The highest BCUT2D eigenvalue weighted by atomic mass is 32.1. The molecule has 1 N–H and O–H groups in total. The Kier molecular flexibility index (Phi) is 3.16. The Hall–Kier alpha value is -1.24. The summed E-state index contributed by atoms with van der Waals surface area (Å²) in [5.41, 5.74) is 0. The Balaban J connectivity index is 2.07. The lowest BCUT2D eigenvalue weighted by atomic mass is 9.81. The van der Waals surface area contributed by atoms with Crippen molar-refractivity contribution in [2.24, 2.45) is 5.92 Å². The summed E-state index contributed by atoms with van der Waals surface area (Å²) >= 11 is 5.26. The van der Waals surface area contributed by atoms with E-state index in [2.05, 4.69) is 10.2 Å². The normalized spacial score (nSPS) is 30.1. The van der Waals surface area contributed by atoms with E-state index in [9.17, 15) is 9.18 Å². The zero-order valence-electron chi connectivity index (χ0n) is 10.8. The number of nitrogens with one attached hydrogen (secondary N) is 1. The van der Waals surface area contributed by atoms with Gasteiger partial charge in [0.25, 0.3) is 0 Å². The van der Waals surface area contributed by atoms with Gasteiger partial charge in [0.15, 0.2) is 4.77 Å². The van der Waals surface area contributed by atoms with Gasteiger partial charge in [0.05, 0.1) is 12.0 Å². The Morgan fingerprint density at radius 2 is 2.32 bits per heavy atom. The molecule has 19 heavy (non-hydrogen) atoms. The number of H-pyrrole nitrogens is 1. The lowest BCUT2D eigenvalue weighted by Crippen LogP contribution is -2.49. The average molecular weight is 284 g/mol. The van der Waals surface area contributed by atoms with E-state index in [-0.39, 0.29) is 17.9 Å². The summed E-state index contributed by atoms with van der Waals surface area (Å²) in [4.78, 5) is 14.2.